The molecule has 4 unspecified atom stereocenters. The van der Waals surface area contributed by atoms with Gasteiger partial charge in [-0.1, -0.05) is 32.8 Å². The fourth-order valence-electron chi connectivity index (χ4n) is 4.23. The van der Waals surface area contributed by atoms with Gasteiger partial charge in [0.25, 0.3) is 0 Å². The lowest BCUT2D eigenvalue weighted by molar-refractivity contribution is -0.530. The van der Waals surface area contributed by atoms with Gasteiger partial charge >= 0.3 is 23.9 Å². The van der Waals surface area contributed by atoms with Gasteiger partial charge in [0.15, 0.2) is 18.7 Å². The second-order valence-corrected chi connectivity index (χ2v) is 8.40. The van der Waals surface area contributed by atoms with E-state index in [1.54, 1.807) is 0 Å². The summed E-state index contributed by atoms with van der Waals surface area (Å²) in [5.74, 6) is -10.8. The summed E-state index contributed by atoms with van der Waals surface area (Å²) < 4.78 is 99.2. The molecule has 11 heteroatoms. The highest BCUT2D eigenvalue weighted by Crippen LogP contribution is 2.57. The highest BCUT2D eigenvalue weighted by Gasteiger charge is 2.83. The molecule has 0 radical (unpaired) electrons. The molecule has 0 amide bonds. The first-order chi connectivity index (χ1) is 14.8. The van der Waals surface area contributed by atoms with Crippen LogP contribution in [0.15, 0.2) is 12.2 Å². The third-order valence-corrected chi connectivity index (χ3v) is 6.13. The van der Waals surface area contributed by atoms with Gasteiger partial charge in [0.1, 0.15) is 6.10 Å². The van der Waals surface area contributed by atoms with Gasteiger partial charge in [0.05, 0.1) is 0 Å². The van der Waals surface area contributed by atoms with E-state index < -0.39 is 54.6 Å². The quantitative estimate of drug-likeness (QED) is 0.211. The number of esters is 1. The van der Waals surface area contributed by atoms with Crippen molar-refractivity contribution in [3.05, 3.63) is 12.2 Å². The molecule has 2 rings (SSSR count). The summed E-state index contributed by atoms with van der Waals surface area (Å²) in [6.07, 6.45) is -6.20. The molecule has 0 N–H and O–H groups in total. The Kier molecular flexibility index (Phi) is 8.34. The molecule has 0 aromatic carbocycles. The number of carbonyl (C=O) groups is 1. The van der Waals surface area contributed by atoms with Crippen LogP contribution in [0.25, 0.3) is 0 Å². The van der Waals surface area contributed by atoms with E-state index in [-0.39, 0.29) is 12.0 Å². The normalized spacial score (nSPS) is 31.0. The third-order valence-electron chi connectivity index (χ3n) is 6.13. The zero-order valence-electron chi connectivity index (χ0n) is 18.7. The lowest BCUT2D eigenvalue weighted by Crippen LogP contribution is -2.77. The summed E-state index contributed by atoms with van der Waals surface area (Å²) in [6, 6.07) is 0. The summed E-state index contributed by atoms with van der Waals surface area (Å²) in [5.41, 5.74) is -2.98. The Morgan fingerprint density at radius 2 is 1.78 bits per heavy atom. The van der Waals surface area contributed by atoms with Crippen LogP contribution in [0.4, 0.5) is 22.0 Å². The number of hydrogen-bond acceptors (Lipinski definition) is 6. The first-order valence-corrected chi connectivity index (χ1v) is 10.6. The van der Waals surface area contributed by atoms with E-state index in [9.17, 15) is 18.0 Å². The molecule has 0 bridgehead atoms. The lowest BCUT2D eigenvalue weighted by Gasteiger charge is -2.55. The summed E-state index contributed by atoms with van der Waals surface area (Å²) in [7, 11) is 1.04. The van der Waals surface area contributed by atoms with Crippen LogP contribution >= 0.6 is 0 Å². The van der Waals surface area contributed by atoms with E-state index in [2.05, 4.69) is 11.3 Å². The van der Waals surface area contributed by atoms with Crippen LogP contribution in [0.2, 0.25) is 0 Å². The number of hydrogen-bond donors (Lipinski definition) is 0. The average molecular weight is 474 g/mol. The molecule has 2 fully saturated rings. The lowest BCUT2D eigenvalue weighted by atomic mass is 9.74. The number of halogens is 5. The van der Waals surface area contributed by atoms with E-state index >= 15 is 8.78 Å². The SMILES string of the molecule is C=C(C)C(=O)OC(C1CCCCC1)C1(C)OCOC(OC(CC)OC)(C(F)(F)F)C1(F)F. The summed E-state index contributed by atoms with van der Waals surface area (Å²) >= 11 is 0. The molecule has 4 atom stereocenters. The number of carbonyl (C=O) groups excluding carboxylic acids is 1. The molecule has 0 aromatic rings. The summed E-state index contributed by atoms with van der Waals surface area (Å²) in [6.45, 7) is 5.82. The fourth-order valence-corrected chi connectivity index (χ4v) is 4.23. The standard InChI is InChI=1S/C21H31F5O6/c1-6-15(28-5)32-20(21(24,25)26)19(22,23)18(4,29-12-30-20)16(31-17(27)13(2)3)14-10-8-7-9-11-14/h14-16H,2,6-12H2,1,3-5H3. The Morgan fingerprint density at radius 3 is 2.25 bits per heavy atom. The second-order valence-electron chi connectivity index (χ2n) is 8.40. The zero-order valence-corrected chi connectivity index (χ0v) is 18.7. The Labute approximate surface area is 184 Å². The van der Waals surface area contributed by atoms with Crippen molar-refractivity contribution in [2.24, 2.45) is 5.92 Å². The van der Waals surface area contributed by atoms with E-state index in [1.165, 1.54) is 13.8 Å². The predicted octanol–water partition coefficient (Wildman–Crippen LogP) is 5.11. The number of ether oxygens (including phenoxy) is 5. The van der Waals surface area contributed by atoms with Gasteiger partial charge in [-0.3, -0.25) is 0 Å². The van der Waals surface area contributed by atoms with Crippen LogP contribution in [0, 0.1) is 5.92 Å². The molecule has 2 aliphatic rings. The van der Waals surface area contributed by atoms with Crippen LogP contribution < -0.4 is 0 Å². The molecule has 6 nitrogen and oxygen atoms in total. The molecule has 1 aliphatic carbocycles. The molecule has 1 saturated carbocycles. The van der Waals surface area contributed by atoms with Crippen LogP contribution in [0.5, 0.6) is 0 Å². The van der Waals surface area contributed by atoms with Crippen molar-refractivity contribution in [3.63, 3.8) is 0 Å². The molecule has 32 heavy (non-hydrogen) atoms. The van der Waals surface area contributed by atoms with Gasteiger partial charge in [-0.2, -0.15) is 22.0 Å². The minimum Gasteiger partial charge on any atom is -0.455 e. The highest BCUT2D eigenvalue weighted by atomic mass is 19.4. The first-order valence-electron chi connectivity index (χ1n) is 10.6. The minimum absolute atomic E-state index is 0.0754. The number of methoxy groups -OCH3 is 1. The monoisotopic (exact) mass is 474 g/mol. The van der Waals surface area contributed by atoms with Crippen molar-refractivity contribution in [2.75, 3.05) is 13.9 Å². The maximum atomic E-state index is 16.0. The van der Waals surface area contributed by atoms with Gasteiger partial charge in [0.2, 0.25) is 0 Å². The molecule has 1 saturated heterocycles. The van der Waals surface area contributed by atoms with Crippen molar-refractivity contribution < 1.29 is 50.4 Å². The van der Waals surface area contributed by atoms with Gasteiger partial charge in [0, 0.05) is 12.7 Å². The van der Waals surface area contributed by atoms with E-state index in [1.807, 2.05) is 0 Å². The fraction of sp³-hybridized carbons (Fsp3) is 0.857. The molecule has 1 heterocycles. The van der Waals surface area contributed by atoms with Crippen molar-refractivity contribution >= 4 is 5.97 Å². The van der Waals surface area contributed by atoms with Crippen molar-refractivity contribution in [1.82, 2.24) is 0 Å². The molecule has 1 aliphatic heterocycles. The van der Waals surface area contributed by atoms with E-state index in [0.29, 0.717) is 25.7 Å². The maximum absolute atomic E-state index is 16.0. The topological polar surface area (TPSA) is 63.2 Å². The van der Waals surface area contributed by atoms with Crippen molar-refractivity contribution in [2.45, 2.75) is 95.2 Å². The molecule has 186 valence electrons. The summed E-state index contributed by atoms with van der Waals surface area (Å²) in [4.78, 5) is 12.3. The third kappa shape index (κ3) is 4.67. The Hall–Kier alpha value is -1.30. The molecule has 0 aromatic heterocycles. The van der Waals surface area contributed by atoms with Crippen molar-refractivity contribution in [1.29, 1.82) is 0 Å². The second kappa shape index (κ2) is 9.90. The first kappa shape index (κ1) is 26.9. The van der Waals surface area contributed by atoms with Crippen molar-refractivity contribution in [3.8, 4) is 0 Å². The van der Waals surface area contributed by atoms with Gasteiger partial charge in [-0.15, -0.1) is 0 Å². The zero-order chi connectivity index (χ0) is 24.4. The van der Waals surface area contributed by atoms with E-state index in [0.717, 1.165) is 20.5 Å². The average Bonchev–Trinajstić information content (AvgIpc) is 2.72. The Balaban J connectivity index is 2.60. The van der Waals surface area contributed by atoms with Gasteiger partial charge in [-0.05, 0) is 39.0 Å². The smallest absolute Gasteiger partial charge is 0.450 e. The maximum Gasteiger partial charge on any atom is 0.450 e. The molecule has 0 spiro atoms. The predicted molar refractivity (Wildman–Crippen MR) is 103 cm³/mol. The number of alkyl halides is 5. The van der Waals surface area contributed by atoms with Crippen LogP contribution in [0.3, 0.4) is 0 Å². The molecular formula is C21H31F5O6. The minimum atomic E-state index is -5.66. The number of rotatable bonds is 8. The van der Waals surface area contributed by atoms with E-state index in [4.69, 9.17) is 18.9 Å². The van der Waals surface area contributed by atoms with Gasteiger partial charge < -0.3 is 23.7 Å². The molecular weight excluding hydrogens is 443 g/mol. The summed E-state index contributed by atoms with van der Waals surface area (Å²) in [5, 5.41) is 0. The Morgan fingerprint density at radius 1 is 1.19 bits per heavy atom. The van der Waals surface area contributed by atoms with Crippen LogP contribution in [-0.2, 0) is 28.5 Å². The largest absolute Gasteiger partial charge is 0.455 e. The van der Waals surface area contributed by atoms with Gasteiger partial charge in [-0.25, -0.2) is 4.79 Å². The highest BCUT2D eigenvalue weighted by molar-refractivity contribution is 5.87. The van der Waals surface area contributed by atoms with Crippen LogP contribution in [-0.4, -0.2) is 55.8 Å². The van der Waals surface area contributed by atoms with Crippen LogP contribution in [0.1, 0.15) is 59.3 Å². The Bertz CT molecular complexity index is 674.